The normalized spacial score (nSPS) is 17.9. The first-order valence-electron chi connectivity index (χ1n) is 12.2. The van der Waals surface area contributed by atoms with E-state index in [0.717, 1.165) is 58.0 Å². The zero-order valence-electron chi connectivity index (χ0n) is 19.5. The highest BCUT2D eigenvalue weighted by Gasteiger charge is 2.22. The van der Waals surface area contributed by atoms with Crippen molar-refractivity contribution >= 4 is 29.5 Å². The summed E-state index contributed by atoms with van der Waals surface area (Å²) in [7, 11) is 0. The van der Waals surface area contributed by atoms with Crippen molar-refractivity contribution in [2.75, 3.05) is 25.4 Å². The molecule has 1 aliphatic carbocycles. The molecule has 0 bridgehead atoms. The minimum absolute atomic E-state index is 0.0308. The molecule has 2 amide bonds. The summed E-state index contributed by atoms with van der Waals surface area (Å²) in [5.74, 6) is -0.540. The topological polar surface area (TPSA) is 75.7 Å². The smallest absolute Gasteiger partial charge is 0.339 e. The van der Waals surface area contributed by atoms with E-state index >= 15 is 0 Å². The first-order chi connectivity index (χ1) is 16.6. The third kappa shape index (κ3) is 6.41. The maximum Gasteiger partial charge on any atom is 0.339 e. The van der Waals surface area contributed by atoms with E-state index < -0.39 is 5.97 Å². The number of esters is 1. The lowest BCUT2D eigenvalue weighted by molar-refractivity contribution is -0.134. The van der Waals surface area contributed by atoms with Gasteiger partial charge in [0.2, 0.25) is 5.91 Å². The quantitative estimate of drug-likeness (QED) is 0.465. The number of benzene rings is 2. The second-order valence-corrected chi connectivity index (χ2v) is 9.88. The first-order valence-corrected chi connectivity index (χ1v) is 13.1. The van der Waals surface area contributed by atoms with Crippen LogP contribution in [0.2, 0.25) is 0 Å². The van der Waals surface area contributed by atoms with Crippen LogP contribution < -0.4 is 5.32 Å². The maximum atomic E-state index is 12.7. The van der Waals surface area contributed by atoms with Crippen molar-refractivity contribution in [3.63, 3.8) is 0 Å². The molecule has 1 aliphatic heterocycles. The number of thioether (sulfide) groups is 1. The SMILES string of the molecule is O=C(CSc1ccccc1C(=O)OCC(=O)N1CCCCCC1)NC1CCCc2ccccc21. The van der Waals surface area contributed by atoms with Crippen LogP contribution in [0.1, 0.15) is 66.1 Å². The summed E-state index contributed by atoms with van der Waals surface area (Å²) in [5.41, 5.74) is 2.88. The van der Waals surface area contributed by atoms with Crippen molar-refractivity contribution in [3.8, 4) is 0 Å². The number of nitrogens with zero attached hydrogens (tertiary/aromatic N) is 1. The van der Waals surface area contributed by atoms with Crippen molar-refractivity contribution < 1.29 is 19.1 Å². The molecule has 34 heavy (non-hydrogen) atoms. The van der Waals surface area contributed by atoms with Gasteiger partial charge in [-0.3, -0.25) is 9.59 Å². The van der Waals surface area contributed by atoms with E-state index in [1.807, 2.05) is 18.2 Å². The van der Waals surface area contributed by atoms with Crippen molar-refractivity contribution in [1.82, 2.24) is 10.2 Å². The fraction of sp³-hybridized carbons (Fsp3) is 0.444. The van der Waals surface area contributed by atoms with E-state index in [0.29, 0.717) is 10.5 Å². The van der Waals surface area contributed by atoms with Gasteiger partial charge in [0, 0.05) is 18.0 Å². The molecule has 1 heterocycles. The fourth-order valence-electron chi connectivity index (χ4n) is 4.66. The van der Waals surface area contributed by atoms with Gasteiger partial charge in [-0.2, -0.15) is 0 Å². The number of carbonyl (C=O) groups excluding carboxylic acids is 3. The lowest BCUT2D eigenvalue weighted by Crippen LogP contribution is -2.35. The largest absolute Gasteiger partial charge is 0.452 e. The van der Waals surface area contributed by atoms with Crippen LogP contribution in [0.5, 0.6) is 0 Å². The summed E-state index contributed by atoms with van der Waals surface area (Å²) < 4.78 is 5.35. The Kier molecular flexibility index (Phi) is 8.63. The van der Waals surface area contributed by atoms with Crippen LogP contribution in [0.4, 0.5) is 0 Å². The Morgan fingerprint density at radius 3 is 2.50 bits per heavy atom. The number of aryl methyl sites for hydroxylation is 1. The number of ether oxygens (including phenoxy) is 1. The van der Waals surface area contributed by atoms with E-state index in [1.54, 1.807) is 23.1 Å². The summed E-state index contributed by atoms with van der Waals surface area (Å²) in [5, 5.41) is 3.15. The minimum atomic E-state index is -0.534. The van der Waals surface area contributed by atoms with Crippen LogP contribution in [-0.2, 0) is 20.7 Å². The summed E-state index contributed by atoms with van der Waals surface area (Å²) in [6.45, 7) is 1.20. The van der Waals surface area contributed by atoms with Crippen LogP contribution in [0.15, 0.2) is 53.4 Å². The predicted octanol–water partition coefficient (Wildman–Crippen LogP) is 4.53. The van der Waals surface area contributed by atoms with Gasteiger partial charge in [0.1, 0.15) is 0 Å². The van der Waals surface area contributed by atoms with Gasteiger partial charge in [-0.25, -0.2) is 4.79 Å². The maximum absolute atomic E-state index is 12.7. The molecule has 0 spiro atoms. The average Bonchev–Trinajstić information content (AvgIpc) is 3.16. The highest BCUT2D eigenvalue weighted by Crippen LogP contribution is 2.30. The fourth-order valence-corrected chi connectivity index (χ4v) is 5.51. The van der Waals surface area contributed by atoms with E-state index in [4.69, 9.17) is 4.74 Å². The minimum Gasteiger partial charge on any atom is -0.452 e. The van der Waals surface area contributed by atoms with Gasteiger partial charge in [0.25, 0.3) is 5.91 Å². The molecule has 180 valence electrons. The van der Waals surface area contributed by atoms with Crippen molar-refractivity contribution in [2.24, 2.45) is 0 Å². The van der Waals surface area contributed by atoms with Crippen LogP contribution in [0, 0.1) is 0 Å². The van der Waals surface area contributed by atoms with E-state index in [1.165, 1.54) is 22.9 Å². The number of fused-ring (bicyclic) bond motifs is 1. The lowest BCUT2D eigenvalue weighted by atomic mass is 9.88. The molecule has 1 atom stereocenters. The molecule has 0 radical (unpaired) electrons. The Bertz CT molecular complexity index is 1020. The molecule has 2 aromatic rings. The van der Waals surface area contributed by atoms with Gasteiger partial charge in [0.15, 0.2) is 6.61 Å². The van der Waals surface area contributed by atoms with Crippen molar-refractivity contribution in [2.45, 2.75) is 55.9 Å². The monoisotopic (exact) mass is 480 g/mol. The molecule has 0 saturated carbocycles. The molecule has 7 heteroatoms. The summed E-state index contributed by atoms with van der Waals surface area (Å²) >= 11 is 1.31. The van der Waals surface area contributed by atoms with Crippen molar-refractivity contribution in [1.29, 1.82) is 0 Å². The zero-order valence-corrected chi connectivity index (χ0v) is 20.3. The Morgan fingerprint density at radius 2 is 1.68 bits per heavy atom. The molecule has 1 N–H and O–H groups in total. The Morgan fingerprint density at radius 1 is 0.941 bits per heavy atom. The van der Waals surface area contributed by atoms with Crippen LogP contribution in [0.25, 0.3) is 0 Å². The molecule has 6 nitrogen and oxygen atoms in total. The van der Waals surface area contributed by atoms with Gasteiger partial charge in [-0.15, -0.1) is 11.8 Å². The number of hydrogen-bond donors (Lipinski definition) is 1. The molecule has 2 aromatic carbocycles. The van der Waals surface area contributed by atoms with Crippen LogP contribution in [0.3, 0.4) is 0 Å². The second-order valence-electron chi connectivity index (χ2n) is 8.87. The predicted molar refractivity (Wildman–Crippen MR) is 133 cm³/mol. The average molecular weight is 481 g/mol. The molecule has 4 rings (SSSR count). The van der Waals surface area contributed by atoms with Crippen LogP contribution >= 0.6 is 11.8 Å². The first kappa shape index (κ1) is 24.3. The van der Waals surface area contributed by atoms with Crippen LogP contribution in [-0.4, -0.2) is 48.1 Å². The standard InChI is InChI=1S/C27H32N2O4S/c30-25(28-23-14-9-11-20-10-3-4-12-21(20)23)19-34-24-15-6-5-13-22(24)27(32)33-18-26(31)29-16-7-1-2-8-17-29/h3-6,10,12-13,15,23H,1-2,7-9,11,14,16-19H2,(H,28,30). The number of carbonyl (C=O) groups is 3. The van der Waals surface area contributed by atoms with Gasteiger partial charge in [0.05, 0.1) is 17.4 Å². The Labute approximate surface area is 205 Å². The van der Waals surface area contributed by atoms with Crippen molar-refractivity contribution in [3.05, 3.63) is 65.2 Å². The zero-order chi connectivity index (χ0) is 23.8. The third-order valence-electron chi connectivity index (χ3n) is 6.46. The lowest BCUT2D eigenvalue weighted by Gasteiger charge is -2.26. The van der Waals surface area contributed by atoms with Gasteiger partial charge in [-0.1, -0.05) is 49.2 Å². The second kappa shape index (κ2) is 12.1. The highest BCUT2D eigenvalue weighted by atomic mass is 32.2. The Balaban J connectivity index is 1.30. The number of rotatable bonds is 7. The molecule has 1 unspecified atom stereocenters. The summed E-state index contributed by atoms with van der Waals surface area (Å²) in [4.78, 5) is 40.3. The molecule has 0 aromatic heterocycles. The number of likely N-dealkylation sites (tertiary alicyclic amines) is 1. The van der Waals surface area contributed by atoms with E-state index in [2.05, 4.69) is 17.4 Å². The summed E-state index contributed by atoms with van der Waals surface area (Å²) in [6.07, 6.45) is 7.29. The molecular formula is C27H32N2O4S. The van der Waals surface area contributed by atoms with E-state index in [9.17, 15) is 14.4 Å². The molecular weight excluding hydrogens is 448 g/mol. The van der Waals surface area contributed by atoms with Gasteiger partial charge >= 0.3 is 5.97 Å². The number of amides is 2. The van der Waals surface area contributed by atoms with E-state index in [-0.39, 0.29) is 30.2 Å². The van der Waals surface area contributed by atoms with Gasteiger partial charge < -0.3 is 15.0 Å². The molecule has 1 saturated heterocycles. The Hall–Kier alpha value is -2.80. The van der Waals surface area contributed by atoms with Gasteiger partial charge in [-0.05, 0) is 55.4 Å². The molecule has 2 aliphatic rings. The number of nitrogens with one attached hydrogen (secondary N) is 1. The summed E-state index contributed by atoms with van der Waals surface area (Å²) in [6, 6.07) is 15.4. The third-order valence-corrected chi connectivity index (χ3v) is 7.53. The molecule has 1 fully saturated rings. The highest BCUT2D eigenvalue weighted by molar-refractivity contribution is 8.00. The number of hydrogen-bond acceptors (Lipinski definition) is 5.